The van der Waals surface area contributed by atoms with Crippen molar-refractivity contribution in [1.29, 1.82) is 0 Å². The van der Waals surface area contributed by atoms with Gasteiger partial charge in [0.25, 0.3) is 0 Å². The Kier molecular flexibility index (Phi) is 5.46. The number of amides is 1. The highest BCUT2D eigenvalue weighted by Gasteiger charge is 2.41. The molecule has 2 heteroatoms. The fourth-order valence-corrected chi connectivity index (χ4v) is 3.12. The number of carbonyl (C=O) groups excluding carboxylic acids is 1. The number of likely N-dealkylation sites (tertiary alicyclic amines) is 1. The van der Waals surface area contributed by atoms with E-state index >= 15 is 0 Å². The van der Waals surface area contributed by atoms with Crippen LogP contribution in [0, 0.1) is 10.8 Å². The molecule has 0 radical (unpaired) electrons. The second-order valence-corrected chi connectivity index (χ2v) is 7.29. The van der Waals surface area contributed by atoms with Crippen LogP contribution in [-0.2, 0) is 4.79 Å². The summed E-state index contributed by atoms with van der Waals surface area (Å²) in [5.41, 5.74) is 0.575. The van der Waals surface area contributed by atoms with Crippen LogP contribution in [-0.4, -0.2) is 23.4 Å². The van der Waals surface area contributed by atoms with E-state index in [1.165, 1.54) is 6.42 Å². The van der Waals surface area contributed by atoms with E-state index in [1.807, 2.05) is 0 Å². The van der Waals surface area contributed by atoms with Crippen molar-refractivity contribution in [1.82, 2.24) is 4.90 Å². The van der Waals surface area contributed by atoms with Gasteiger partial charge in [0, 0.05) is 19.0 Å². The number of rotatable bonds is 7. The van der Waals surface area contributed by atoms with Crippen LogP contribution < -0.4 is 0 Å². The Labute approximate surface area is 119 Å². The zero-order valence-corrected chi connectivity index (χ0v) is 13.9. The fraction of sp³-hybridized carbons (Fsp3) is 0.941. The summed E-state index contributed by atoms with van der Waals surface area (Å²) >= 11 is 0. The SMILES string of the molecule is CCC(C)(C)CC(N1CCCC1=O)C(C)(CC)CC. The first-order chi connectivity index (χ1) is 8.79. The third-order valence-corrected chi connectivity index (χ3v) is 5.61. The predicted octanol–water partition coefficient (Wildman–Crippen LogP) is 4.63. The van der Waals surface area contributed by atoms with Crippen molar-refractivity contribution < 1.29 is 4.79 Å². The minimum atomic E-state index is 0.256. The smallest absolute Gasteiger partial charge is 0.222 e. The van der Waals surface area contributed by atoms with Crippen LogP contribution in [0.4, 0.5) is 0 Å². The molecule has 1 fully saturated rings. The molecule has 1 rings (SSSR count). The van der Waals surface area contributed by atoms with E-state index in [4.69, 9.17) is 0 Å². The Morgan fingerprint density at radius 3 is 2.05 bits per heavy atom. The van der Waals surface area contributed by atoms with Gasteiger partial charge in [-0.05, 0) is 36.5 Å². The summed E-state index contributed by atoms with van der Waals surface area (Å²) < 4.78 is 0. The predicted molar refractivity (Wildman–Crippen MR) is 82.1 cm³/mol. The monoisotopic (exact) mass is 267 g/mol. The van der Waals surface area contributed by atoms with Crippen LogP contribution in [0.15, 0.2) is 0 Å². The molecule has 0 saturated carbocycles. The number of nitrogens with zero attached hydrogens (tertiary/aromatic N) is 1. The van der Waals surface area contributed by atoms with Crippen molar-refractivity contribution in [2.24, 2.45) is 10.8 Å². The van der Waals surface area contributed by atoms with E-state index in [2.05, 4.69) is 46.4 Å². The van der Waals surface area contributed by atoms with Crippen LogP contribution in [0.3, 0.4) is 0 Å². The van der Waals surface area contributed by atoms with Crippen LogP contribution in [0.1, 0.15) is 80.1 Å². The molecule has 2 nitrogen and oxygen atoms in total. The molecule has 19 heavy (non-hydrogen) atoms. The van der Waals surface area contributed by atoms with Crippen LogP contribution in [0.2, 0.25) is 0 Å². The lowest BCUT2D eigenvalue weighted by Crippen LogP contribution is -2.49. The van der Waals surface area contributed by atoms with Gasteiger partial charge in [-0.15, -0.1) is 0 Å². The molecule has 0 N–H and O–H groups in total. The minimum absolute atomic E-state index is 0.256. The Balaban J connectivity index is 3.00. The molecule has 1 aliphatic rings. The third-order valence-electron chi connectivity index (χ3n) is 5.61. The minimum Gasteiger partial charge on any atom is -0.339 e. The van der Waals surface area contributed by atoms with Crippen molar-refractivity contribution in [3.05, 3.63) is 0 Å². The largest absolute Gasteiger partial charge is 0.339 e. The fourth-order valence-electron chi connectivity index (χ4n) is 3.12. The Morgan fingerprint density at radius 1 is 1.11 bits per heavy atom. The Bertz CT molecular complexity index is 304. The Morgan fingerprint density at radius 2 is 1.68 bits per heavy atom. The molecule has 0 spiro atoms. The molecular formula is C17H33NO. The van der Waals surface area contributed by atoms with Gasteiger partial charge in [-0.25, -0.2) is 0 Å². The summed E-state index contributed by atoms with van der Waals surface area (Å²) in [6.07, 6.45) is 6.41. The van der Waals surface area contributed by atoms with E-state index in [-0.39, 0.29) is 5.41 Å². The number of hydrogen-bond donors (Lipinski definition) is 0. The van der Waals surface area contributed by atoms with Crippen molar-refractivity contribution in [2.75, 3.05) is 6.54 Å². The normalized spacial score (nSPS) is 19.1. The molecule has 1 unspecified atom stereocenters. The maximum atomic E-state index is 12.2. The zero-order chi connectivity index (χ0) is 14.7. The van der Waals surface area contributed by atoms with Gasteiger partial charge >= 0.3 is 0 Å². The second kappa shape index (κ2) is 6.28. The van der Waals surface area contributed by atoms with Gasteiger partial charge < -0.3 is 4.90 Å². The number of hydrogen-bond acceptors (Lipinski definition) is 1. The highest BCUT2D eigenvalue weighted by atomic mass is 16.2. The first-order valence-electron chi connectivity index (χ1n) is 8.09. The van der Waals surface area contributed by atoms with E-state index in [0.717, 1.165) is 38.6 Å². The summed E-state index contributed by atoms with van der Waals surface area (Å²) in [6, 6.07) is 0.410. The van der Waals surface area contributed by atoms with Crippen LogP contribution in [0.25, 0.3) is 0 Å². The van der Waals surface area contributed by atoms with Gasteiger partial charge in [0.15, 0.2) is 0 Å². The van der Waals surface area contributed by atoms with Crippen LogP contribution >= 0.6 is 0 Å². The maximum absolute atomic E-state index is 12.2. The van der Waals surface area contributed by atoms with Crippen LogP contribution in [0.5, 0.6) is 0 Å². The van der Waals surface area contributed by atoms with E-state index < -0.39 is 0 Å². The quantitative estimate of drug-likeness (QED) is 0.658. The molecule has 1 heterocycles. The Hall–Kier alpha value is -0.530. The molecular weight excluding hydrogens is 234 g/mol. The third kappa shape index (κ3) is 3.73. The highest BCUT2D eigenvalue weighted by Crippen LogP contribution is 2.42. The molecule has 1 atom stereocenters. The van der Waals surface area contributed by atoms with Gasteiger partial charge in [-0.2, -0.15) is 0 Å². The highest BCUT2D eigenvalue weighted by molar-refractivity contribution is 5.78. The molecule has 112 valence electrons. The van der Waals surface area contributed by atoms with Gasteiger partial charge in [-0.3, -0.25) is 4.79 Å². The van der Waals surface area contributed by atoms with Gasteiger partial charge in [0.2, 0.25) is 5.91 Å². The van der Waals surface area contributed by atoms with Crippen molar-refractivity contribution >= 4 is 5.91 Å². The topological polar surface area (TPSA) is 20.3 Å². The molecule has 0 aliphatic carbocycles. The standard InChI is InChI=1S/C17H33NO/c1-7-16(4,5)13-14(17(6,8-2)9-3)18-12-10-11-15(18)19/h14H,7-13H2,1-6H3. The summed E-state index contributed by atoms with van der Waals surface area (Å²) in [7, 11) is 0. The molecule has 0 bridgehead atoms. The van der Waals surface area contributed by atoms with E-state index in [9.17, 15) is 4.79 Å². The summed E-state index contributed by atoms with van der Waals surface area (Å²) in [4.78, 5) is 14.4. The first-order valence-corrected chi connectivity index (χ1v) is 8.09. The lowest BCUT2D eigenvalue weighted by atomic mass is 9.69. The number of carbonyl (C=O) groups is 1. The lowest BCUT2D eigenvalue weighted by molar-refractivity contribution is -0.133. The molecule has 1 saturated heterocycles. The maximum Gasteiger partial charge on any atom is 0.222 e. The molecule has 1 amide bonds. The first kappa shape index (κ1) is 16.5. The average molecular weight is 267 g/mol. The summed E-state index contributed by atoms with van der Waals surface area (Å²) in [5.74, 6) is 0.380. The van der Waals surface area contributed by atoms with Gasteiger partial charge in [-0.1, -0.05) is 48.0 Å². The lowest BCUT2D eigenvalue weighted by Gasteiger charge is -2.45. The zero-order valence-electron chi connectivity index (χ0n) is 13.9. The van der Waals surface area contributed by atoms with Crippen molar-refractivity contribution in [3.63, 3.8) is 0 Å². The average Bonchev–Trinajstić information content (AvgIpc) is 2.81. The van der Waals surface area contributed by atoms with E-state index in [1.54, 1.807) is 0 Å². The summed E-state index contributed by atoms with van der Waals surface area (Å²) in [6.45, 7) is 14.8. The molecule has 1 aliphatic heterocycles. The second-order valence-electron chi connectivity index (χ2n) is 7.29. The molecule has 0 aromatic carbocycles. The van der Waals surface area contributed by atoms with Gasteiger partial charge in [0.05, 0.1) is 0 Å². The summed E-state index contributed by atoms with van der Waals surface area (Å²) in [5, 5.41) is 0. The van der Waals surface area contributed by atoms with E-state index in [0.29, 0.717) is 17.4 Å². The molecule has 0 aromatic rings. The molecule has 0 aromatic heterocycles. The van der Waals surface area contributed by atoms with Gasteiger partial charge in [0.1, 0.15) is 0 Å². The van der Waals surface area contributed by atoms with Crippen molar-refractivity contribution in [3.8, 4) is 0 Å². The van der Waals surface area contributed by atoms with Crippen molar-refractivity contribution in [2.45, 2.75) is 86.1 Å².